The van der Waals surface area contributed by atoms with Crippen LogP contribution in [0.4, 0.5) is 0 Å². The average molecular weight is 244 g/mol. The summed E-state index contributed by atoms with van der Waals surface area (Å²) in [6.07, 6.45) is 6.12. The number of imidazole rings is 1. The molecule has 0 aliphatic rings. The minimum absolute atomic E-state index is 0.155. The van der Waals surface area contributed by atoms with Gasteiger partial charge < -0.3 is 9.88 Å². The average Bonchev–Trinajstić information content (AvgIpc) is 2.87. The van der Waals surface area contributed by atoms with Crippen LogP contribution in [0, 0.1) is 0 Å². The maximum absolute atomic E-state index is 11.7. The molecule has 0 aliphatic heterocycles. The second-order valence-electron chi connectivity index (χ2n) is 3.83. The summed E-state index contributed by atoms with van der Waals surface area (Å²) < 4.78 is 1.96. The number of amides is 1. The van der Waals surface area contributed by atoms with E-state index >= 15 is 0 Å². The smallest absolute Gasteiger partial charge is 0.269 e. The largest absolute Gasteiger partial charge is 0.351 e. The Morgan fingerprint density at radius 2 is 2.17 bits per heavy atom. The molecule has 0 bridgehead atoms. The Bertz CT molecular complexity index is 547. The predicted molar refractivity (Wildman–Crippen MR) is 68.7 cm³/mol. The van der Waals surface area contributed by atoms with Gasteiger partial charge in [-0.3, -0.25) is 9.78 Å². The number of nitrogens with one attached hydrogen (secondary N) is 1. The van der Waals surface area contributed by atoms with E-state index in [4.69, 9.17) is 0 Å². The van der Waals surface area contributed by atoms with Crippen LogP contribution < -0.4 is 5.32 Å². The number of hydrogen-bond acceptors (Lipinski definition) is 3. The molecule has 5 nitrogen and oxygen atoms in total. The van der Waals surface area contributed by atoms with Gasteiger partial charge in [0.05, 0.1) is 5.69 Å². The monoisotopic (exact) mass is 244 g/mol. The number of carbonyl (C=O) groups is 1. The van der Waals surface area contributed by atoms with Gasteiger partial charge in [0, 0.05) is 31.6 Å². The van der Waals surface area contributed by atoms with Crippen molar-refractivity contribution < 1.29 is 4.79 Å². The van der Waals surface area contributed by atoms with Gasteiger partial charge in [-0.05, 0) is 19.1 Å². The molecule has 2 aromatic heterocycles. The molecule has 0 saturated carbocycles. The molecular formula is C13H16N4O. The molecule has 94 valence electrons. The van der Waals surface area contributed by atoms with E-state index < -0.39 is 0 Å². The van der Waals surface area contributed by atoms with Gasteiger partial charge in [-0.15, -0.1) is 0 Å². The lowest BCUT2D eigenvalue weighted by Gasteiger charge is -2.08. The highest BCUT2D eigenvalue weighted by Crippen LogP contribution is 2.11. The second-order valence-corrected chi connectivity index (χ2v) is 3.83. The first-order valence-electron chi connectivity index (χ1n) is 6.03. The topological polar surface area (TPSA) is 59.8 Å². The zero-order valence-electron chi connectivity index (χ0n) is 10.6. The molecule has 18 heavy (non-hydrogen) atoms. The molecule has 5 heteroatoms. The lowest BCUT2D eigenvalue weighted by Crippen LogP contribution is -2.23. The van der Waals surface area contributed by atoms with Crippen LogP contribution in [0.1, 0.15) is 30.2 Å². The minimum atomic E-state index is -0.155. The van der Waals surface area contributed by atoms with E-state index in [2.05, 4.69) is 15.3 Å². The lowest BCUT2D eigenvalue weighted by molar-refractivity contribution is 0.0951. The predicted octanol–water partition coefficient (Wildman–Crippen LogP) is 1.58. The summed E-state index contributed by atoms with van der Waals surface area (Å²) >= 11 is 0. The molecule has 0 spiro atoms. The summed E-state index contributed by atoms with van der Waals surface area (Å²) in [6.45, 7) is 4.52. The summed E-state index contributed by atoms with van der Waals surface area (Å²) in [4.78, 5) is 20.1. The quantitative estimate of drug-likeness (QED) is 0.888. The van der Waals surface area contributed by atoms with Crippen molar-refractivity contribution in [1.82, 2.24) is 19.9 Å². The van der Waals surface area contributed by atoms with Gasteiger partial charge in [-0.2, -0.15) is 0 Å². The van der Waals surface area contributed by atoms with Crippen molar-refractivity contribution in [3.8, 4) is 5.69 Å². The fraction of sp³-hybridized carbons (Fsp3) is 0.308. The van der Waals surface area contributed by atoms with Crippen molar-refractivity contribution in [3.63, 3.8) is 0 Å². The zero-order valence-corrected chi connectivity index (χ0v) is 10.6. The van der Waals surface area contributed by atoms with Gasteiger partial charge in [-0.25, -0.2) is 4.98 Å². The molecule has 2 heterocycles. The summed E-state index contributed by atoms with van der Waals surface area (Å²) in [5.74, 6) is 0.806. The number of hydrogen-bond donors (Lipinski definition) is 1. The maximum atomic E-state index is 11.7. The number of carbonyl (C=O) groups excluding carboxylic acids is 1. The molecule has 0 fully saturated rings. The van der Waals surface area contributed by atoms with Crippen molar-refractivity contribution in [2.24, 2.45) is 0 Å². The highest BCUT2D eigenvalue weighted by molar-refractivity contribution is 5.92. The molecule has 2 aromatic rings. The molecule has 0 unspecified atom stereocenters. The highest BCUT2D eigenvalue weighted by atomic mass is 16.1. The van der Waals surface area contributed by atoms with E-state index in [1.54, 1.807) is 18.5 Å². The Kier molecular flexibility index (Phi) is 3.72. The lowest BCUT2D eigenvalue weighted by atomic mass is 10.3. The second kappa shape index (κ2) is 5.44. The minimum Gasteiger partial charge on any atom is -0.351 e. The zero-order chi connectivity index (χ0) is 13.0. The van der Waals surface area contributed by atoms with E-state index in [0.29, 0.717) is 12.2 Å². The Morgan fingerprint density at radius 3 is 2.89 bits per heavy atom. The van der Waals surface area contributed by atoms with E-state index in [0.717, 1.165) is 17.9 Å². The van der Waals surface area contributed by atoms with Gasteiger partial charge in [0.25, 0.3) is 5.91 Å². The van der Waals surface area contributed by atoms with Crippen LogP contribution in [0.15, 0.2) is 30.7 Å². The molecular weight excluding hydrogens is 228 g/mol. The normalized spacial score (nSPS) is 10.3. The van der Waals surface area contributed by atoms with E-state index in [-0.39, 0.29) is 5.91 Å². The van der Waals surface area contributed by atoms with Crippen LogP contribution in [0.2, 0.25) is 0 Å². The molecule has 1 N–H and O–H groups in total. The first-order chi connectivity index (χ1) is 8.76. The molecule has 0 saturated heterocycles. The van der Waals surface area contributed by atoms with Gasteiger partial charge in [0.15, 0.2) is 0 Å². The third-order valence-corrected chi connectivity index (χ3v) is 2.63. The number of pyridine rings is 1. The number of nitrogens with zero attached hydrogens (tertiary/aromatic N) is 3. The summed E-state index contributed by atoms with van der Waals surface area (Å²) in [6, 6.07) is 3.63. The molecule has 0 radical (unpaired) electrons. The van der Waals surface area contributed by atoms with E-state index in [1.807, 2.05) is 30.7 Å². The van der Waals surface area contributed by atoms with Gasteiger partial charge in [-0.1, -0.05) is 6.92 Å². The first kappa shape index (κ1) is 12.3. The van der Waals surface area contributed by atoms with Gasteiger partial charge in [0.2, 0.25) is 0 Å². The van der Waals surface area contributed by atoms with E-state index in [1.165, 1.54) is 0 Å². The summed E-state index contributed by atoms with van der Waals surface area (Å²) in [7, 11) is 0. The van der Waals surface area contributed by atoms with Crippen molar-refractivity contribution >= 4 is 5.91 Å². The Morgan fingerprint density at radius 1 is 1.33 bits per heavy atom. The highest BCUT2D eigenvalue weighted by Gasteiger charge is 2.08. The SMILES string of the molecule is CCNC(=O)c1cc(-n2ccnc2CC)ccn1. The Labute approximate surface area is 106 Å². The van der Waals surface area contributed by atoms with Crippen molar-refractivity contribution in [2.75, 3.05) is 6.54 Å². The van der Waals surface area contributed by atoms with Crippen LogP contribution in [-0.2, 0) is 6.42 Å². The standard InChI is InChI=1S/C13H16N4O/c1-3-12-16-7-8-17(12)10-5-6-15-11(9-10)13(18)14-4-2/h5-9H,3-4H2,1-2H3,(H,14,18). The van der Waals surface area contributed by atoms with Crippen LogP contribution in [0.5, 0.6) is 0 Å². The fourth-order valence-electron chi connectivity index (χ4n) is 1.78. The fourth-order valence-corrected chi connectivity index (χ4v) is 1.78. The third kappa shape index (κ3) is 2.40. The van der Waals surface area contributed by atoms with Crippen molar-refractivity contribution in [3.05, 3.63) is 42.2 Å². The first-order valence-corrected chi connectivity index (χ1v) is 6.03. The number of aryl methyl sites for hydroxylation is 1. The summed E-state index contributed by atoms with van der Waals surface area (Å²) in [5, 5.41) is 2.74. The van der Waals surface area contributed by atoms with E-state index in [9.17, 15) is 4.79 Å². The van der Waals surface area contributed by atoms with Crippen LogP contribution in [0.25, 0.3) is 5.69 Å². The Balaban J connectivity index is 2.35. The number of aromatic nitrogens is 3. The van der Waals surface area contributed by atoms with Gasteiger partial charge in [0.1, 0.15) is 11.5 Å². The molecule has 1 amide bonds. The van der Waals surface area contributed by atoms with Crippen molar-refractivity contribution in [1.29, 1.82) is 0 Å². The maximum Gasteiger partial charge on any atom is 0.269 e. The number of rotatable bonds is 4. The summed E-state index contributed by atoms with van der Waals surface area (Å²) in [5.41, 5.74) is 1.32. The molecule has 0 aliphatic carbocycles. The van der Waals surface area contributed by atoms with Crippen LogP contribution in [0.3, 0.4) is 0 Å². The Hall–Kier alpha value is -2.17. The van der Waals surface area contributed by atoms with Crippen LogP contribution in [-0.4, -0.2) is 27.0 Å². The molecule has 0 aromatic carbocycles. The third-order valence-electron chi connectivity index (χ3n) is 2.63. The molecule has 2 rings (SSSR count). The van der Waals surface area contributed by atoms with Crippen molar-refractivity contribution in [2.45, 2.75) is 20.3 Å². The molecule has 0 atom stereocenters. The van der Waals surface area contributed by atoms with Gasteiger partial charge >= 0.3 is 0 Å². The van der Waals surface area contributed by atoms with Crippen LogP contribution >= 0.6 is 0 Å².